The molecule has 0 saturated heterocycles. The van der Waals surface area contributed by atoms with Gasteiger partial charge in [-0.2, -0.15) is 0 Å². The van der Waals surface area contributed by atoms with Crippen molar-refractivity contribution < 1.29 is 4.74 Å². The second-order valence-corrected chi connectivity index (χ2v) is 5.23. The van der Waals surface area contributed by atoms with Crippen LogP contribution in [0.2, 0.25) is 0 Å². The molecule has 0 aliphatic rings. The Balaban J connectivity index is 0.00000256. The van der Waals surface area contributed by atoms with E-state index < -0.39 is 0 Å². The topological polar surface area (TPSA) is 35.2 Å². The Hall–Kier alpha value is -0.730. The van der Waals surface area contributed by atoms with E-state index in [1.165, 1.54) is 5.56 Å². The van der Waals surface area contributed by atoms with Crippen molar-refractivity contribution in [3.63, 3.8) is 0 Å². The lowest BCUT2D eigenvalue weighted by Crippen LogP contribution is -2.23. The molecule has 0 aromatic heterocycles. The summed E-state index contributed by atoms with van der Waals surface area (Å²) in [5.74, 6) is 0.918. The third-order valence-corrected chi connectivity index (χ3v) is 2.37. The minimum atomic E-state index is -0.138. The molecule has 1 rings (SSSR count). The fourth-order valence-electron chi connectivity index (χ4n) is 1.49. The van der Waals surface area contributed by atoms with Crippen LogP contribution in [0.25, 0.3) is 0 Å². The maximum atomic E-state index is 5.91. The zero-order valence-electron chi connectivity index (χ0n) is 11.2. The molecule has 17 heavy (non-hydrogen) atoms. The van der Waals surface area contributed by atoms with E-state index in [0.717, 1.165) is 18.6 Å². The van der Waals surface area contributed by atoms with E-state index in [0.29, 0.717) is 0 Å². The zero-order valence-corrected chi connectivity index (χ0v) is 12.0. The molecule has 1 unspecified atom stereocenters. The molecule has 1 aromatic carbocycles. The van der Waals surface area contributed by atoms with E-state index in [1.54, 1.807) is 0 Å². The number of benzene rings is 1. The summed E-state index contributed by atoms with van der Waals surface area (Å²) >= 11 is 0. The molecular weight excluding hydrogens is 234 g/mol. The summed E-state index contributed by atoms with van der Waals surface area (Å²) in [5.41, 5.74) is 7.05. The highest BCUT2D eigenvalue weighted by atomic mass is 35.5. The van der Waals surface area contributed by atoms with Crippen LogP contribution in [0.1, 0.15) is 39.7 Å². The standard InChI is InChI=1S/C14H23NO.ClH/c1-5-12(15)10-11-6-8-13(9-7-11)16-14(2,3)4;/h6-9,12H,5,10,15H2,1-4H3;1H. The van der Waals surface area contributed by atoms with Gasteiger partial charge >= 0.3 is 0 Å². The third-order valence-electron chi connectivity index (χ3n) is 2.37. The first-order chi connectivity index (χ1) is 7.40. The van der Waals surface area contributed by atoms with E-state index in [9.17, 15) is 0 Å². The van der Waals surface area contributed by atoms with Gasteiger partial charge in [0, 0.05) is 6.04 Å². The van der Waals surface area contributed by atoms with E-state index in [1.807, 2.05) is 32.9 Å². The quantitative estimate of drug-likeness (QED) is 0.895. The number of hydrogen-bond acceptors (Lipinski definition) is 2. The van der Waals surface area contributed by atoms with Crippen LogP contribution in [0, 0.1) is 0 Å². The van der Waals surface area contributed by atoms with Crippen molar-refractivity contribution in [1.29, 1.82) is 0 Å². The van der Waals surface area contributed by atoms with Crippen LogP contribution in [0.5, 0.6) is 5.75 Å². The highest BCUT2D eigenvalue weighted by Crippen LogP contribution is 2.19. The SMILES string of the molecule is CCC(N)Cc1ccc(OC(C)(C)C)cc1.Cl. The van der Waals surface area contributed by atoms with Crippen molar-refractivity contribution in [1.82, 2.24) is 0 Å². The predicted molar refractivity (Wildman–Crippen MR) is 76.0 cm³/mol. The first-order valence-corrected chi connectivity index (χ1v) is 5.94. The van der Waals surface area contributed by atoms with Crippen molar-refractivity contribution in [3.05, 3.63) is 29.8 Å². The van der Waals surface area contributed by atoms with Crippen LogP contribution in [-0.4, -0.2) is 11.6 Å². The molecule has 1 atom stereocenters. The molecule has 98 valence electrons. The van der Waals surface area contributed by atoms with Crippen LogP contribution in [-0.2, 0) is 6.42 Å². The molecule has 0 aliphatic carbocycles. The molecule has 0 spiro atoms. The van der Waals surface area contributed by atoms with Crippen LogP contribution < -0.4 is 10.5 Å². The van der Waals surface area contributed by atoms with Gasteiger partial charge in [-0.05, 0) is 51.3 Å². The average Bonchev–Trinajstić information content (AvgIpc) is 2.18. The van der Waals surface area contributed by atoms with Crippen molar-refractivity contribution in [2.75, 3.05) is 0 Å². The lowest BCUT2D eigenvalue weighted by molar-refractivity contribution is 0.131. The Morgan fingerprint density at radius 1 is 1.18 bits per heavy atom. The number of halogens is 1. The molecule has 0 bridgehead atoms. The second kappa shape index (κ2) is 6.87. The Labute approximate surface area is 111 Å². The van der Waals surface area contributed by atoms with Crippen LogP contribution in [0.15, 0.2) is 24.3 Å². The lowest BCUT2D eigenvalue weighted by Gasteiger charge is -2.21. The summed E-state index contributed by atoms with van der Waals surface area (Å²) in [6, 6.07) is 8.48. The summed E-state index contributed by atoms with van der Waals surface area (Å²) in [6.45, 7) is 8.26. The van der Waals surface area contributed by atoms with Gasteiger partial charge in [0.15, 0.2) is 0 Å². The maximum absolute atomic E-state index is 5.91. The molecular formula is C14H24ClNO. The molecule has 0 radical (unpaired) electrons. The summed E-state index contributed by atoms with van der Waals surface area (Å²) in [5, 5.41) is 0. The molecule has 0 heterocycles. The van der Waals surface area contributed by atoms with Crippen molar-refractivity contribution in [3.8, 4) is 5.75 Å². The largest absolute Gasteiger partial charge is 0.488 e. The van der Waals surface area contributed by atoms with E-state index in [-0.39, 0.29) is 24.0 Å². The molecule has 0 fully saturated rings. The van der Waals surface area contributed by atoms with Crippen LogP contribution in [0.3, 0.4) is 0 Å². The van der Waals surface area contributed by atoms with Crippen molar-refractivity contribution in [2.45, 2.75) is 52.2 Å². The molecule has 2 nitrogen and oxygen atoms in total. The van der Waals surface area contributed by atoms with Gasteiger partial charge in [0.05, 0.1) is 0 Å². The van der Waals surface area contributed by atoms with Crippen LogP contribution in [0.4, 0.5) is 0 Å². The summed E-state index contributed by atoms with van der Waals surface area (Å²) in [7, 11) is 0. The van der Waals surface area contributed by atoms with Crippen molar-refractivity contribution >= 4 is 12.4 Å². The minimum absolute atomic E-state index is 0. The second-order valence-electron chi connectivity index (χ2n) is 5.23. The smallest absolute Gasteiger partial charge is 0.120 e. The fraction of sp³-hybridized carbons (Fsp3) is 0.571. The van der Waals surface area contributed by atoms with E-state index in [4.69, 9.17) is 10.5 Å². The third kappa shape index (κ3) is 6.54. The maximum Gasteiger partial charge on any atom is 0.120 e. The van der Waals surface area contributed by atoms with Crippen molar-refractivity contribution in [2.24, 2.45) is 5.73 Å². The van der Waals surface area contributed by atoms with Gasteiger partial charge < -0.3 is 10.5 Å². The summed E-state index contributed by atoms with van der Waals surface area (Å²) < 4.78 is 5.76. The Kier molecular flexibility index (Phi) is 6.58. The van der Waals surface area contributed by atoms with E-state index >= 15 is 0 Å². The molecule has 3 heteroatoms. The monoisotopic (exact) mass is 257 g/mol. The minimum Gasteiger partial charge on any atom is -0.488 e. The lowest BCUT2D eigenvalue weighted by atomic mass is 10.0. The number of ether oxygens (including phenoxy) is 1. The zero-order chi connectivity index (χ0) is 12.2. The first-order valence-electron chi connectivity index (χ1n) is 5.94. The number of rotatable bonds is 4. The normalized spacial score (nSPS) is 12.8. The van der Waals surface area contributed by atoms with Gasteiger partial charge in [0.1, 0.15) is 11.4 Å². The van der Waals surface area contributed by atoms with Crippen LogP contribution >= 0.6 is 12.4 Å². The van der Waals surface area contributed by atoms with Gasteiger partial charge in [0.25, 0.3) is 0 Å². The number of hydrogen-bond donors (Lipinski definition) is 1. The molecule has 2 N–H and O–H groups in total. The van der Waals surface area contributed by atoms with Gasteiger partial charge in [-0.1, -0.05) is 19.1 Å². The van der Waals surface area contributed by atoms with Gasteiger partial charge in [-0.15, -0.1) is 12.4 Å². The number of nitrogens with two attached hydrogens (primary N) is 1. The molecule has 0 amide bonds. The predicted octanol–water partition coefficient (Wildman–Crippen LogP) is 3.57. The van der Waals surface area contributed by atoms with E-state index in [2.05, 4.69) is 19.1 Å². The highest BCUT2D eigenvalue weighted by molar-refractivity contribution is 5.85. The Morgan fingerprint density at radius 2 is 1.71 bits per heavy atom. The molecule has 0 saturated carbocycles. The van der Waals surface area contributed by atoms with Gasteiger partial charge in [0.2, 0.25) is 0 Å². The van der Waals surface area contributed by atoms with Gasteiger partial charge in [-0.3, -0.25) is 0 Å². The highest BCUT2D eigenvalue weighted by Gasteiger charge is 2.11. The van der Waals surface area contributed by atoms with Gasteiger partial charge in [-0.25, -0.2) is 0 Å². The Morgan fingerprint density at radius 3 is 2.12 bits per heavy atom. The molecule has 0 aliphatic heterocycles. The molecule has 1 aromatic rings. The average molecular weight is 258 g/mol. The summed E-state index contributed by atoms with van der Waals surface area (Å²) in [6.07, 6.45) is 1.95. The Bertz CT molecular complexity index is 316. The summed E-state index contributed by atoms with van der Waals surface area (Å²) in [4.78, 5) is 0. The first kappa shape index (κ1) is 16.3. The fourth-order valence-corrected chi connectivity index (χ4v) is 1.49.